The van der Waals surface area contributed by atoms with Gasteiger partial charge in [0.05, 0.1) is 0 Å². The van der Waals surface area contributed by atoms with Crippen LogP contribution in [-0.4, -0.2) is 4.98 Å². The predicted octanol–water partition coefficient (Wildman–Crippen LogP) is -0.637. The maximum Gasteiger partial charge on any atom is 1.00 e. The van der Waals surface area contributed by atoms with E-state index < -0.39 is 0 Å². The molecule has 0 N–H and O–H groups in total. The van der Waals surface area contributed by atoms with Gasteiger partial charge in [-0.2, -0.15) is 17.0 Å². The van der Waals surface area contributed by atoms with Gasteiger partial charge in [0.2, 0.25) is 0 Å². The zero-order chi connectivity index (χ0) is 5.28. The second-order valence-corrected chi connectivity index (χ2v) is 2.99. The van der Waals surface area contributed by atoms with Crippen molar-refractivity contribution >= 4 is 38.9 Å². The Morgan fingerprint density at radius 1 is 1.75 bits per heavy atom. The van der Waals surface area contributed by atoms with E-state index in [2.05, 4.69) is 26.3 Å². The fourth-order valence-corrected chi connectivity index (χ4v) is 1.40. The van der Waals surface area contributed by atoms with Crippen LogP contribution in [0.15, 0.2) is 4.60 Å². The molecule has 0 amide bonds. The van der Waals surface area contributed by atoms with Gasteiger partial charge in [0.15, 0.2) is 0 Å². The molecule has 1 aromatic rings. The molecule has 0 fully saturated rings. The van der Waals surface area contributed by atoms with E-state index in [0.717, 1.165) is 0 Å². The first-order chi connectivity index (χ1) is 3.29. The largest absolute Gasteiger partial charge is 1.00 e. The van der Waals surface area contributed by atoms with Crippen molar-refractivity contribution in [2.75, 3.05) is 0 Å². The van der Waals surface area contributed by atoms with Gasteiger partial charge < -0.3 is 16.3 Å². The Hall–Kier alpha value is 0.997. The minimum absolute atomic E-state index is 0. The molecule has 0 aliphatic rings. The number of hydrogen-bond donors (Lipinski definition) is 0. The van der Waals surface area contributed by atoms with Crippen molar-refractivity contribution in [2.24, 2.45) is 0 Å². The van der Waals surface area contributed by atoms with Gasteiger partial charge in [0.25, 0.3) is 0 Å². The fraction of sp³-hybridized carbons (Fsp3) is 0. The van der Waals surface area contributed by atoms with Crippen molar-refractivity contribution < 1.29 is 18.9 Å². The monoisotopic (exact) mass is 203 g/mol. The molecule has 8 heavy (non-hydrogen) atoms. The van der Waals surface area contributed by atoms with Crippen LogP contribution in [0.4, 0.5) is 0 Å². The summed E-state index contributed by atoms with van der Waals surface area (Å²) in [5, 5.41) is 2.78. The maximum absolute atomic E-state index is 5.41. The summed E-state index contributed by atoms with van der Waals surface area (Å²) in [5.74, 6) is 0. The van der Waals surface area contributed by atoms with Crippen molar-refractivity contribution in [1.29, 1.82) is 0 Å². The average molecular weight is 204 g/mol. The number of thiazole rings is 1. The average Bonchev–Trinajstić information content (AvgIpc) is 1.87. The molecule has 0 spiro atoms. The van der Waals surface area contributed by atoms with E-state index in [0.29, 0.717) is 9.07 Å². The Balaban J connectivity index is 0.000000490. The zero-order valence-electron chi connectivity index (χ0n) is 4.11. The van der Waals surface area contributed by atoms with Crippen molar-refractivity contribution in [3.63, 3.8) is 0 Å². The summed E-state index contributed by atoms with van der Waals surface area (Å²) in [6.45, 7) is 0. The summed E-state index contributed by atoms with van der Waals surface area (Å²) in [6.07, 6.45) is 0. The third-order valence-corrected chi connectivity index (χ3v) is 1.91. The topological polar surface area (TPSA) is 12.9 Å². The molecule has 1 aromatic heterocycles. The number of rotatable bonds is 0. The molecule has 0 aliphatic carbocycles. The second kappa shape index (κ2) is 3.92. The van der Waals surface area contributed by atoms with Crippen molar-refractivity contribution in [2.45, 2.75) is 0 Å². The van der Waals surface area contributed by atoms with Crippen LogP contribution in [0.5, 0.6) is 0 Å². The van der Waals surface area contributed by atoms with Crippen LogP contribution in [0.1, 0.15) is 0 Å². The first-order valence-electron chi connectivity index (χ1n) is 1.48. The van der Waals surface area contributed by atoms with Crippen LogP contribution in [-0.2, 0) is 0 Å². The molecule has 0 radical (unpaired) electrons. The van der Waals surface area contributed by atoms with Crippen LogP contribution < -0.4 is 18.9 Å². The molecule has 0 bridgehead atoms. The van der Waals surface area contributed by atoms with Crippen LogP contribution in [0.25, 0.3) is 0 Å². The number of hydrogen-bond acceptors (Lipinski definition) is 2. The van der Waals surface area contributed by atoms with Gasteiger partial charge >= 0.3 is 18.9 Å². The molecule has 38 valence electrons. The number of aromatic nitrogens is 1. The molecule has 0 aliphatic heterocycles. The second-order valence-electron chi connectivity index (χ2n) is 0.860. The molecule has 1 rings (SSSR count). The van der Waals surface area contributed by atoms with Crippen molar-refractivity contribution in [1.82, 2.24) is 4.98 Å². The minimum Gasteiger partial charge on any atom is -0.333 e. The Morgan fingerprint density at radius 3 is 2.50 bits per heavy atom. The summed E-state index contributed by atoms with van der Waals surface area (Å²) in [6, 6.07) is 0. The molecule has 0 saturated heterocycles. The smallest absolute Gasteiger partial charge is 0.333 e. The number of nitrogens with zero attached hydrogens (tertiary/aromatic N) is 1. The van der Waals surface area contributed by atoms with E-state index in [-0.39, 0.29) is 18.9 Å². The molecule has 1 nitrogen and oxygen atoms in total. The SMILES string of the molecule is Clc1nc(Br)[c-]s1.[Li+]. The van der Waals surface area contributed by atoms with Gasteiger partial charge in [0.1, 0.15) is 0 Å². The molecule has 0 saturated carbocycles. The summed E-state index contributed by atoms with van der Waals surface area (Å²) >= 11 is 9.78. The normalized spacial score (nSPS) is 8.25. The van der Waals surface area contributed by atoms with Crippen LogP contribution in [0, 0.1) is 5.38 Å². The fourth-order valence-electron chi connectivity index (χ4n) is 0.207. The first kappa shape index (κ1) is 9.00. The van der Waals surface area contributed by atoms with E-state index in [4.69, 9.17) is 11.6 Å². The van der Waals surface area contributed by atoms with Gasteiger partial charge in [-0.15, -0.1) is 0 Å². The standard InChI is InChI=1S/C3BrClNS.Li/c4-2-1-7-3(5)6-2;/q-1;+1. The van der Waals surface area contributed by atoms with E-state index >= 15 is 0 Å². The van der Waals surface area contributed by atoms with Crippen LogP contribution in [0.3, 0.4) is 0 Å². The van der Waals surface area contributed by atoms with E-state index in [9.17, 15) is 0 Å². The van der Waals surface area contributed by atoms with Gasteiger partial charge in [0, 0.05) is 9.07 Å². The third-order valence-electron chi connectivity index (χ3n) is 0.406. The van der Waals surface area contributed by atoms with Crippen LogP contribution >= 0.6 is 38.9 Å². The summed E-state index contributed by atoms with van der Waals surface area (Å²) in [5.41, 5.74) is 0. The maximum atomic E-state index is 5.41. The molecule has 5 heteroatoms. The molecule has 0 aromatic carbocycles. The van der Waals surface area contributed by atoms with E-state index in [1.807, 2.05) is 0 Å². The molecule has 0 atom stereocenters. The first-order valence-corrected chi connectivity index (χ1v) is 3.47. The van der Waals surface area contributed by atoms with Gasteiger partial charge in [-0.1, -0.05) is 15.9 Å². The Bertz CT molecular complexity index is 152. The molecular weight excluding hydrogens is 204 g/mol. The van der Waals surface area contributed by atoms with Crippen LogP contribution in [0.2, 0.25) is 4.47 Å². The minimum atomic E-state index is 0. The van der Waals surface area contributed by atoms with Crippen molar-refractivity contribution in [3.05, 3.63) is 14.5 Å². The van der Waals surface area contributed by atoms with Gasteiger partial charge in [-0.3, -0.25) is 0 Å². The summed E-state index contributed by atoms with van der Waals surface area (Å²) in [7, 11) is 0. The summed E-state index contributed by atoms with van der Waals surface area (Å²) < 4.78 is 1.20. The van der Waals surface area contributed by atoms with Crippen molar-refractivity contribution in [3.8, 4) is 0 Å². The Morgan fingerprint density at radius 2 is 2.38 bits per heavy atom. The third kappa shape index (κ3) is 2.52. The molecule has 0 unspecified atom stereocenters. The van der Waals surface area contributed by atoms with Gasteiger partial charge in [-0.05, 0) is 0 Å². The zero-order valence-corrected chi connectivity index (χ0v) is 7.27. The number of halogens is 2. The Labute approximate surface area is 76.8 Å². The van der Waals surface area contributed by atoms with E-state index in [1.54, 1.807) is 0 Å². The van der Waals surface area contributed by atoms with E-state index in [1.165, 1.54) is 11.3 Å². The molecule has 1 heterocycles. The predicted molar refractivity (Wildman–Crippen MR) is 33.7 cm³/mol. The van der Waals surface area contributed by atoms with Gasteiger partial charge in [-0.25, -0.2) is 0 Å². The summed E-state index contributed by atoms with van der Waals surface area (Å²) in [4.78, 5) is 3.76. The Kier molecular flexibility index (Phi) is 4.41. The quantitative estimate of drug-likeness (QED) is 0.405. The molecular formula is C3BrClLiNS.